The largest absolute Gasteiger partial charge is 0.347 e. The first-order valence-electron chi connectivity index (χ1n) is 9.15. The summed E-state index contributed by atoms with van der Waals surface area (Å²) < 4.78 is 14.7. The smallest absolute Gasteiger partial charge is 0.261 e. The fraction of sp³-hybridized carbons (Fsp3) is 0.136. The SMILES string of the molecule is Cc1cc(-c2ncn(Cc3ccc(F)cc3)n2)sc1C(=O)NCc1ccccc1. The first-order valence-corrected chi connectivity index (χ1v) is 9.97. The number of hydrogen-bond acceptors (Lipinski definition) is 4. The van der Waals surface area contributed by atoms with Crippen LogP contribution in [0.25, 0.3) is 10.7 Å². The first kappa shape index (κ1) is 19.0. The summed E-state index contributed by atoms with van der Waals surface area (Å²) in [6.45, 7) is 2.89. The van der Waals surface area contributed by atoms with E-state index in [0.29, 0.717) is 23.8 Å². The van der Waals surface area contributed by atoms with Crippen LogP contribution in [-0.2, 0) is 13.1 Å². The molecule has 0 bridgehead atoms. The van der Waals surface area contributed by atoms with Gasteiger partial charge in [-0.15, -0.1) is 16.4 Å². The molecule has 0 saturated heterocycles. The van der Waals surface area contributed by atoms with E-state index in [4.69, 9.17) is 0 Å². The Morgan fingerprint density at radius 1 is 1.10 bits per heavy atom. The molecule has 146 valence electrons. The molecule has 29 heavy (non-hydrogen) atoms. The summed E-state index contributed by atoms with van der Waals surface area (Å²) in [5.74, 6) is 0.204. The van der Waals surface area contributed by atoms with Crippen molar-refractivity contribution in [3.05, 3.63) is 94.4 Å². The molecule has 1 N–H and O–H groups in total. The van der Waals surface area contributed by atoms with Crippen molar-refractivity contribution in [2.45, 2.75) is 20.0 Å². The summed E-state index contributed by atoms with van der Waals surface area (Å²) in [6.07, 6.45) is 1.64. The van der Waals surface area contributed by atoms with Crippen molar-refractivity contribution < 1.29 is 9.18 Å². The van der Waals surface area contributed by atoms with E-state index in [9.17, 15) is 9.18 Å². The van der Waals surface area contributed by atoms with E-state index in [-0.39, 0.29) is 11.7 Å². The van der Waals surface area contributed by atoms with Crippen LogP contribution >= 0.6 is 11.3 Å². The third-order valence-corrected chi connectivity index (χ3v) is 5.67. The van der Waals surface area contributed by atoms with Crippen LogP contribution in [0.1, 0.15) is 26.4 Å². The van der Waals surface area contributed by atoms with Gasteiger partial charge in [-0.3, -0.25) is 4.79 Å². The number of carbonyl (C=O) groups excluding carboxylic acids is 1. The van der Waals surface area contributed by atoms with Crippen molar-refractivity contribution in [2.75, 3.05) is 0 Å². The predicted molar refractivity (Wildman–Crippen MR) is 111 cm³/mol. The van der Waals surface area contributed by atoms with Crippen LogP contribution in [0.4, 0.5) is 4.39 Å². The second kappa shape index (κ2) is 8.36. The molecule has 0 fully saturated rings. The monoisotopic (exact) mass is 406 g/mol. The van der Waals surface area contributed by atoms with Gasteiger partial charge in [0.1, 0.15) is 12.1 Å². The Morgan fingerprint density at radius 3 is 2.62 bits per heavy atom. The molecule has 0 atom stereocenters. The second-order valence-corrected chi connectivity index (χ2v) is 7.74. The standard InChI is InChI=1S/C22H19FN4OS/c1-15-11-19(29-20(15)22(28)24-12-16-5-3-2-4-6-16)21-25-14-27(26-21)13-17-7-9-18(23)10-8-17/h2-11,14H,12-13H2,1H3,(H,24,28). The minimum absolute atomic E-state index is 0.103. The zero-order valence-electron chi connectivity index (χ0n) is 15.8. The fourth-order valence-electron chi connectivity index (χ4n) is 2.94. The van der Waals surface area contributed by atoms with Crippen molar-refractivity contribution in [1.29, 1.82) is 0 Å². The van der Waals surface area contributed by atoms with Crippen LogP contribution in [0.2, 0.25) is 0 Å². The lowest BCUT2D eigenvalue weighted by Gasteiger charge is -2.04. The summed E-state index contributed by atoms with van der Waals surface area (Å²) in [5.41, 5.74) is 2.88. The third kappa shape index (κ3) is 4.57. The Labute approximate surface area is 171 Å². The number of aryl methyl sites for hydroxylation is 1. The minimum atomic E-state index is -0.264. The Kier molecular flexibility index (Phi) is 5.48. The van der Waals surface area contributed by atoms with Gasteiger partial charge in [0.25, 0.3) is 5.91 Å². The number of hydrogen-bond donors (Lipinski definition) is 1. The normalized spacial score (nSPS) is 10.8. The number of carbonyl (C=O) groups is 1. The van der Waals surface area contributed by atoms with Gasteiger partial charge in [0.2, 0.25) is 0 Å². The molecule has 4 aromatic rings. The summed E-state index contributed by atoms with van der Waals surface area (Å²) in [4.78, 5) is 18.4. The number of nitrogens with one attached hydrogen (secondary N) is 1. The summed E-state index contributed by atoms with van der Waals surface area (Å²) in [7, 11) is 0. The molecule has 4 rings (SSSR count). The van der Waals surface area contributed by atoms with Crippen LogP contribution in [0, 0.1) is 12.7 Å². The second-order valence-electron chi connectivity index (χ2n) is 6.68. The maximum atomic E-state index is 13.0. The maximum absolute atomic E-state index is 13.0. The number of nitrogens with zero attached hydrogens (tertiary/aromatic N) is 3. The Morgan fingerprint density at radius 2 is 1.86 bits per heavy atom. The maximum Gasteiger partial charge on any atom is 0.261 e. The summed E-state index contributed by atoms with van der Waals surface area (Å²) in [5, 5.41) is 7.45. The molecule has 0 aliphatic rings. The van der Waals surface area contributed by atoms with Crippen molar-refractivity contribution in [3.63, 3.8) is 0 Å². The number of thiophene rings is 1. The number of amides is 1. The molecule has 1 amide bonds. The average molecular weight is 406 g/mol. The summed E-state index contributed by atoms with van der Waals surface area (Å²) >= 11 is 1.38. The number of halogens is 1. The molecule has 0 unspecified atom stereocenters. The Hall–Kier alpha value is -3.32. The van der Waals surface area contributed by atoms with Crippen LogP contribution in [0.5, 0.6) is 0 Å². The van der Waals surface area contributed by atoms with Crippen molar-refractivity contribution in [2.24, 2.45) is 0 Å². The molecule has 2 heterocycles. The number of benzene rings is 2. The van der Waals surface area contributed by atoms with E-state index < -0.39 is 0 Å². The molecule has 2 aromatic carbocycles. The molecule has 7 heteroatoms. The molecule has 0 aliphatic heterocycles. The van der Waals surface area contributed by atoms with Crippen LogP contribution in [0.15, 0.2) is 67.0 Å². The molecule has 0 aliphatic carbocycles. The van der Waals surface area contributed by atoms with E-state index in [2.05, 4.69) is 15.4 Å². The number of rotatable bonds is 6. The van der Waals surface area contributed by atoms with Gasteiger partial charge < -0.3 is 5.32 Å². The van der Waals surface area contributed by atoms with Crippen molar-refractivity contribution in [3.8, 4) is 10.7 Å². The predicted octanol–water partition coefficient (Wildman–Crippen LogP) is 4.43. The van der Waals surface area contributed by atoms with Gasteiger partial charge in [0, 0.05) is 6.54 Å². The zero-order valence-corrected chi connectivity index (χ0v) is 16.6. The highest BCUT2D eigenvalue weighted by molar-refractivity contribution is 7.17. The topological polar surface area (TPSA) is 59.8 Å². The van der Waals surface area contributed by atoms with Gasteiger partial charge in [0.05, 0.1) is 16.3 Å². The van der Waals surface area contributed by atoms with E-state index in [1.54, 1.807) is 23.1 Å². The van der Waals surface area contributed by atoms with E-state index in [0.717, 1.165) is 21.6 Å². The van der Waals surface area contributed by atoms with Gasteiger partial charge in [0.15, 0.2) is 5.82 Å². The van der Waals surface area contributed by atoms with E-state index in [1.165, 1.54) is 23.5 Å². The van der Waals surface area contributed by atoms with Gasteiger partial charge in [-0.2, -0.15) is 0 Å². The van der Waals surface area contributed by atoms with Gasteiger partial charge in [-0.25, -0.2) is 14.1 Å². The molecule has 0 saturated carbocycles. The van der Waals surface area contributed by atoms with Gasteiger partial charge in [-0.1, -0.05) is 42.5 Å². The molecule has 2 aromatic heterocycles. The van der Waals surface area contributed by atoms with E-state index >= 15 is 0 Å². The van der Waals surface area contributed by atoms with Gasteiger partial charge in [-0.05, 0) is 41.8 Å². The van der Waals surface area contributed by atoms with Crippen molar-refractivity contribution >= 4 is 17.2 Å². The highest BCUT2D eigenvalue weighted by atomic mass is 32.1. The lowest BCUT2D eigenvalue weighted by molar-refractivity contribution is 0.0954. The minimum Gasteiger partial charge on any atom is -0.347 e. The first-order chi connectivity index (χ1) is 14.1. The molecule has 5 nitrogen and oxygen atoms in total. The quantitative estimate of drug-likeness (QED) is 0.515. The molecular weight excluding hydrogens is 387 g/mol. The zero-order chi connectivity index (χ0) is 20.2. The lowest BCUT2D eigenvalue weighted by Crippen LogP contribution is -2.22. The molecular formula is C22H19FN4OS. The van der Waals surface area contributed by atoms with Gasteiger partial charge >= 0.3 is 0 Å². The lowest BCUT2D eigenvalue weighted by atomic mass is 10.2. The third-order valence-electron chi connectivity index (χ3n) is 4.43. The van der Waals surface area contributed by atoms with E-state index in [1.807, 2.05) is 43.3 Å². The van der Waals surface area contributed by atoms with Crippen molar-refractivity contribution in [1.82, 2.24) is 20.1 Å². The highest BCUT2D eigenvalue weighted by Gasteiger charge is 2.16. The van der Waals surface area contributed by atoms with Crippen LogP contribution in [0.3, 0.4) is 0 Å². The Bertz CT molecular complexity index is 1120. The van der Waals surface area contributed by atoms with Crippen LogP contribution in [-0.4, -0.2) is 20.7 Å². The molecule has 0 spiro atoms. The highest BCUT2D eigenvalue weighted by Crippen LogP contribution is 2.29. The van der Waals surface area contributed by atoms with Crippen LogP contribution < -0.4 is 5.32 Å². The number of aromatic nitrogens is 3. The Balaban J connectivity index is 1.45. The average Bonchev–Trinajstić information content (AvgIpc) is 3.35. The molecule has 0 radical (unpaired) electrons. The fourth-order valence-corrected chi connectivity index (χ4v) is 3.96. The summed E-state index contributed by atoms with van der Waals surface area (Å²) in [6, 6.07) is 18.0.